The van der Waals surface area contributed by atoms with Crippen LogP contribution in [0.5, 0.6) is 5.75 Å². The first-order valence-corrected chi connectivity index (χ1v) is 4.06. The number of hydrogen-bond acceptors (Lipinski definition) is 3. The SMILES string of the molecule is COc1ccc(N=C(N)NO)cc1C. The van der Waals surface area contributed by atoms with Crippen molar-refractivity contribution in [1.82, 2.24) is 5.48 Å². The van der Waals surface area contributed by atoms with Crippen molar-refractivity contribution in [1.29, 1.82) is 0 Å². The second kappa shape index (κ2) is 4.48. The van der Waals surface area contributed by atoms with E-state index in [-0.39, 0.29) is 5.96 Å². The van der Waals surface area contributed by atoms with Gasteiger partial charge in [0, 0.05) is 0 Å². The minimum absolute atomic E-state index is 0.0467. The molecule has 14 heavy (non-hydrogen) atoms. The third-order valence-electron chi connectivity index (χ3n) is 1.74. The Hall–Kier alpha value is -1.75. The molecule has 0 spiro atoms. The van der Waals surface area contributed by atoms with Crippen LogP contribution >= 0.6 is 0 Å². The van der Waals surface area contributed by atoms with E-state index in [1.54, 1.807) is 24.7 Å². The fraction of sp³-hybridized carbons (Fsp3) is 0.222. The van der Waals surface area contributed by atoms with Crippen LogP contribution in [0.4, 0.5) is 5.69 Å². The molecule has 0 aromatic heterocycles. The Morgan fingerprint density at radius 3 is 2.79 bits per heavy atom. The van der Waals surface area contributed by atoms with Crippen molar-refractivity contribution >= 4 is 11.6 Å². The minimum atomic E-state index is -0.0467. The maximum Gasteiger partial charge on any atom is 0.218 e. The number of nitrogens with zero attached hydrogens (tertiary/aromatic N) is 1. The molecule has 1 aromatic rings. The normalized spacial score (nSPS) is 11.2. The fourth-order valence-electron chi connectivity index (χ4n) is 1.10. The van der Waals surface area contributed by atoms with Crippen LogP contribution in [0.15, 0.2) is 23.2 Å². The number of aliphatic imine (C=N–C) groups is 1. The van der Waals surface area contributed by atoms with E-state index in [1.165, 1.54) is 0 Å². The highest BCUT2D eigenvalue weighted by Gasteiger charge is 1.99. The van der Waals surface area contributed by atoms with Crippen molar-refractivity contribution in [3.63, 3.8) is 0 Å². The molecule has 0 saturated heterocycles. The molecule has 0 bridgehead atoms. The van der Waals surface area contributed by atoms with Gasteiger partial charge < -0.3 is 10.5 Å². The summed E-state index contributed by atoms with van der Waals surface area (Å²) in [6.45, 7) is 1.90. The van der Waals surface area contributed by atoms with E-state index >= 15 is 0 Å². The number of aryl methyl sites for hydroxylation is 1. The number of ether oxygens (including phenoxy) is 1. The highest BCUT2D eigenvalue weighted by molar-refractivity contribution is 5.79. The van der Waals surface area contributed by atoms with Crippen molar-refractivity contribution in [3.05, 3.63) is 23.8 Å². The molecule has 0 unspecified atom stereocenters. The van der Waals surface area contributed by atoms with Crippen LogP contribution in [0, 0.1) is 6.92 Å². The van der Waals surface area contributed by atoms with Crippen LogP contribution in [-0.2, 0) is 0 Å². The summed E-state index contributed by atoms with van der Waals surface area (Å²) in [6, 6.07) is 5.35. The van der Waals surface area contributed by atoms with Crippen LogP contribution in [-0.4, -0.2) is 18.3 Å². The van der Waals surface area contributed by atoms with Gasteiger partial charge in [0.2, 0.25) is 5.96 Å². The second-order valence-corrected chi connectivity index (χ2v) is 2.76. The summed E-state index contributed by atoms with van der Waals surface area (Å²) in [5, 5.41) is 8.44. The number of nitrogens with two attached hydrogens (primary N) is 1. The average molecular weight is 195 g/mol. The van der Waals surface area contributed by atoms with Crippen molar-refractivity contribution < 1.29 is 9.94 Å². The molecule has 76 valence electrons. The van der Waals surface area contributed by atoms with Crippen molar-refractivity contribution in [2.75, 3.05) is 7.11 Å². The van der Waals surface area contributed by atoms with Crippen LogP contribution in [0.25, 0.3) is 0 Å². The van der Waals surface area contributed by atoms with Gasteiger partial charge in [-0.3, -0.25) is 5.21 Å². The summed E-state index contributed by atoms with van der Waals surface area (Å²) in [6.07, 6.45) is 0. The third kappa shape index (κ3) is 2.37. The van der Waals surface area contributed by atoms with Crippen LogP contribution in [0.3, 0.4) is 0 Å². The summed E-state index contributed by atoms with van der Waals surface area (Å²) in [7, 11) is 1.61. The van der Waals surface area contributed by atoms with Crippen LogP contribution in [0.1, 0.15) is 5.56 Å². The van der Waals surface area contributed by atoms with E-state index in [0.29, 0.717) is 5.69 Å². The third-order valence-corrected chi connectivity index (χ3v) is 1.74. The van der Waals surface area contributed by atoms with Gasteiger partial charge in [0.15, 0.2) is 0 Å². The van der Waals surface area contributed by atoms with Gasteiger partial charge in [-0.1, -0.05) is 0 Å². The molecule has 0 atom stereocenters. The molecule has 1 aromatic carbocycles. The summed E-state index contributed by atoms with van der Waals surface area (Å²) in [4.78, 5) is 3.89. The first-order valence-electron chi connectivity index (χ1n) is 4.06. The monoisotopic (exact) mass is 195 g/mol. The van der Waals surface area contributed by atoms with Crippen molar-refractivity contribution in [2.45, 2.75) is 6.92 Å². The summed E-state index contributed by atoms with van der Waals surface area (Å²) in [5.41, 5.74) is 8.65. The highest BCUT2D eigenvalue weighted by atomic mass is 16.5. The van der Waals surface area contributed by atoms with Crippen molar-refractivity contribution in [3.8, 4) is 5.75 Å². The number of benzene rings is 1. The van der Waals surface area contributed by atoms with Gasteiger partial charge >= 0.3 is 0 Å². The predicted molar refractivity (Wildman–Crippen MR) is 53.9 cm³/mol. The quantitative estimate of drug-likeness (QED) is 0.372. The van der Waals surface area contributed by atoms with Crippen molar-refractivity contribution in [2.24, 2.45) is 10.7 Å². The summed E-state index contributed by atoms with van der Waals surface area (Å²) >= 11 is 0. The molecule has 0 amide bonds. The average Bonchev–Trinajstić information content (AvgIpc) is 2.18. The lowest BCUT2D eigenvalue weighted by atomic mass is 10.2. The Balaban J connectivity index is 2.97. The lowest BCUT2D eigenvalue weighted by Crippen LogP contribution is -2.27. The Morgan fingerprint density at radius 1 is 1.57 bits per heavy atom. The van der Waals surface area contributed by atoms with Crippen LogP contribution < -0.4 is 16.0 Å². The van der Waals surface area contributed by atoms with Gasteiger partial charge in [-0.25, -0.2) is 10.5 Å². The molecule has 0 heterocycles. The van der Waals surface area contributed by atoms with E-state index in [1.807, 2.05) is 13.0 Å². The lowest BCUT2D eigenvalue weighted by molar-refractivity contribution is 0.233. The first kappa shape index (κ1) is 10.3. The van der Waals surface area contributed by atoms with Gasteiger partial charge in [0.05, 0.1) is 12.8 Å². The van der Waals surface area contributed by atoms with Gasteiger partial charge in [-0.05, 0) is 30.7 Å². The molecule has 0 saturated carbocycles. The Kier molecular flexibility index (Phi) is 3.30. The predicted octanol–water partition coefficient (Wildman–Crippen LogP) is 0.929. The van der Waals surface area contributed by atoms with Gasteiger partial charge in [-0.15, -0.1) is 0 Å². The second-order valence-electron chi connectivity index (χ2n) is 2.76. The first-order chi connectivity index (χ1) is 6.67. The van der Waals surface area contributed by atoms with Gasteiger partial charge in [0.1, 0.15) is 5.75 Å². The molecule has 5 nitrogen and oxygen atoms in total. The zero-order chi connectivity index (χ0) is 10.6. The number of nitrogens with one attached hydrogen (secondary N) is 1. The summed E-state index contributed by atoms with van der Waals surface area (Å²) < 4.78 is 5.09. The number of guanidine groups is 1. The molecule has 0 fully saturated rings. The number of hydroxylamine groups is 1. The van der Waals surface area contributed by atoms with Crippen LogP contribution in [0.2, 0.25) is 0 Å². The number of methoxy groups -OCH3 is 1. The van der Waals surface area contributed by atoms with E-state index < -0.39 is 0 Å². The molecular formula is C9H13N3O2. The van der Waals surface area contributed by atoms with Gasteiger partial charge in [0.25, 0.3) is 0 Å². The molecule has 5 heteroatoms. The molecule has 0 aliphatic rings. The fourth-order valence-corrected chi connectivity index (χ4v) is 1.10. The molecule has 4 N–H and O–H groups in total. The Labute approximate surface area is 82.2 Å². The molecule has 0 aliphatic carbocycles. The maximum atomic E-state index is 8.44. The zero-order valence-electron chi connectivity index (χ0n) is 8.11. The largest absolute Gasteiger partial charge is 0.496 e. The molecule has 0 radical (unpaired) electrons. The van der Waals surface area contributed by atoms with Gasteiger partial charge in [-0.2, -0.15) is 0 Å². The van der Waals surface area contributed by atoms with E-state index in [9.17, 15) is 0 Å². The zero-order valence-corrected chi connectivity index (χ0v) is 8.11. The standard InChI is InChI=1S/C9H13N3O2/c1-6-5-7(11-9(10)12-13)3-4-8(6)14-2/h3-5,13H,1-2H3,(H3,10,11,12). The smallest absolute Gasteiger partial charge is 0.218 e. The van der Waals surface area contributed by atoms with E-state index in [2.05, 4.69) is 4.99 Å². The number of rotatable bonds is 2. The minimum Gasteiger partial charge on any atom is -0.496 e. The highest BCUT2D eigenvalue weighted by Crippen LogP contribution is 2.22. The Bertz CT molecular complexity index is 350. The molecular weight excluding hydrogens is 182 g/mol. The Morgan fingerprint density at radius 2 is 2.29 bits per heavy atom. The molecule has 0 aliphatic heterocycles. The lowest BCUT2D eigenvalue weighted by Gasteiger charge is -2.04. The summed E-state index contributed by atoms with van der Waals surface area (Å²) in [5.74, 6) is 0.744. The van der Waals surface area contributed by atoms with E-state index in [4.69, 9.17) is 15.7 Å². The topological polar surface area (TPSA) is 79.9 Å². The number of hydrogen-bond donors (Lipinski definition) is 3. The van der Waals surface area contributed by atoms with E-state index in [0.717, 1.165) is 11.3 Å². The maximum absolute atomic E-state index is 8.44. The molecule has 1 rings (SSSR count).